The SMILES string of the molecule is C1=CC2Oc3c(-c4cccc5c6ccccc6n(-c6cc(-n7c8ccccc8c8cccc(-c9cccc%10c9oc9ccccc9%10)c87)cc(-n7c8ccccc8c8cccc(-c9cccc%10c9oc9ccccc9%10)c87)c6)c45)cccc3C2C=C1. The Morgan fingerprint density at radius 2 is 0.643 bits per heavy atom. The number of ether oxygens (including phenoxy) is 1. The molecular formula is C78H47N3O3. The molecule has 2 atom stereocenters. The largest absolute Gasteiger partial charge is 0.484 e. The van der Waals surface area contributed by atoms with Crippen LogP contribution in [-0.4, -0.2) is 19.8 Å². The first-order valence-corrected chi connectivity index (χ1v) is 28.9. The second kappa shape index (κ2) is 17.2. The zero-order chi connectivity index (χ0) is 54.7. The van der Waals surface area contributed by atoms with Crippen molar-refractivity contribution in [2.75, 3.05) is 0 Å². The second-order valence-electron chi connectivity index (χ2n) is 22.5. The van der Waals surface area contributed by atoms with Gasteiger partial charge in [-0.2, -0.15) is 0 Å². The summed E-state index contributed by atoms with van der Waals surface area (Å²) in [5.41, 5.74) is 20.8. The van der Waals surface area contributed by atoms with Gasteiger partial charge in [0, 0.05) is 98.7 Å². The number of aromatic nitrogens is 3. The van der Waals surface area contributed by atoms with Gasteiger partial charge in [0.05, 0.1) is 50.2 Å². The van der Waals surface area contributed by atoms with Crippen LogP contribution in [0.25, 0.3) is 160 Å². The zero-order valence-corrected chi connectivity index (χ0v) is 45.2. The summed E-state index contributed by atoms with van der Waals surface area (Å²) in [5, 5.41) is 11.4. The molecule has 0 saturated heterocycles. The summed E-state index contributed by atoms with van der Waals surface area (Å²) in [4.78, 5) is 0. The minimum absolute atomic E-state index is 0.0553. The lowest BCUT2D eigenvalue weighted by atomic mass is 9.90. The minimum Gasteiger partial charge on any atom is -0.484 e. The molecule has 0 N–H and O–H groups in total. The molecule has 84 heavy (non-hydrogen) atoms. The number of allylic oxidation sites excluding steroid dienone is 2. The fourth-order valence-corrected chi connectivity index (χ4v) is 14.7. The first kappa shape index (κ1) is 45.6. The summed E-state index contributed by atoms with van der Waals surface area (Å²) >= 11 is 0. The first-order valence-electron chi connectivity index (χ1n) is 28.9. The quantitative estimate of drug-likeness (QED) is 0.167. The van der Waals surface area contributed by atoms with Crippen molar-refractivity contribution in [3.8, 4) is 56.2 Å². The fraction of sp³-hybridized carbons (Fsp3) is 0.0256. The lowest BCUT2D eigenvalue weighted by Crippen LogP contribution is -2.15. The van der Waals surface area contributed by atoms with Crippen LogP contribution in [0, 0.1) is 0 Å². The third-order valence-corrected chi connectivity index (χ3v) is 18.2. The van der Waals surface area contributed by atoms with Crippen molar-refractivity contribution < 1.29 is 13.6 Å². The number of furan rings is 2. The standard InChI is InChI=1S/C78H47N3O3/c1-7-37-67-49(19-1)55-25-13-28-58(64-34-16-31-61-52-22-4-10-40-70(52)82-76(61)64)73(55)79(67)46-43-47(80-68-38-8-2-20-50(68)56-26-14-29-59(74(56)80)65-35-17-32-62-53-23-5-11-41-71(53)83-77(62)65)45-48(44-46)81-69-39-9-3-21-51(69)57-27-15-30-60(75(57)81)66-36-18-33-63-54-24-6-12-42-72(54)84-78(63)66/h1-45,52,70H. The van der Waals surface area contributed by atoms with Crippen LogP contribution < -0.4 is 4.74 Å². The van der Waals surface area contributed by atoms with Crippen LogP contribution in [0.15, 0.2) is 282 Å². The molecule has 5 aromatic heterocycles. The van der Waals surface area contributed by atoms with E-state index in [1.807, 2.05) is 12.1 Å². The van der Waals surface area contributed by atoms with Crippen molar-refractivity contribution in [3.63, 3.8) is 0 Å². The highest BCUT2D eigenvalue weighted by Gasteiger charge is 2.35. The number of para-hydroxylation sites is 11. The molecule has 2 unspecified atom stereocenters. The van der Waals surface area contributed by atoms with E-state index in [-0.39, 0.29) is 12.0 Å². The summed E-state index contributed by atoms with van der Waals surface area (Å²) in [6.45, 7) is 0. The minimum atomic E-state index is -0.0553. The molecule has 12 aromatic carbocycles. The average molecular weight is 1070 g/mol. The Labute approximate surface area is 480 Å². The number of hydrogen-bond donors (Lipinski definition) is 0. The van der Waals surface area contributed by atoms with Crippen molar-refractivity contribution in [3.05, 3.63) is 279 Å². The number of benzene rings is 12. The summed E-state index contributed by atoms with van der Waals surface area (Å²) < 4.78 is 28.2. The molecule has 1 aliphatic heterocycles. The van der Waals surface area contributed by atoms with Gasteiger partial charge >= 0.3 is 0 Å². The number of rotatable bonds is 6. The lowest BCUT2D eigenvalue weighted by Gasteiger charge is -2.20. The van der Waals surface area contributed by atoms with Gasteiger partial charge in [0.25, 0.3) is 0 Å². The molecule has 19 rings (SSSR count). The average Bonchev–Trinajstić information content (AvgIpc) is 2.03. The Balaban J connectivity index is 0.959. The van der Waals surface area contributed by atoms with Gasteiger partial charge < -0.3 is 27.3 Å². The van der Waals surface area contributed by atoms with Gasteiger partial charge in [-0.3, -0.25) is 0 Å². The number of hydrogen-bond acceptors (Lipinski definition) is 3. The molecule has 392 valence electrons. The van der Waals surface area contributed by atoms with Gasteiger partial charge in [0.15, 0.2) is 0 Å². The van der Waals surface area contributed by atoms with E-state index in [0.717, 1.165) is 144 Å². The van der Waals surface area contributed by atoms with Crippen LogP contribution in [0.1, 0.15) is 11.5 Å². The summed E-state index contributed by atoms with van der Waals surface area (Å²) in [6, 6.07) is 90.7. The van der Waals surface area contributed by atoms with E-state index in [1.54, 1.807) is 0 Å². The van der Waals surface area contributed by atoms with Crippen LogP contribution >= 0.6 is 0 Å². The molecule has 17 aromatic rings. The van der Waals surface area contributed by atoms with E-state index < -0.39 is 0 Å². The van der Waals surface area contributed by atoms with Crippen LogP contribution in [-0.2, 0) is 0 Å². The van der Waals surface area contributed by atoms with Gasteiger partial charge in [-0.1, -0.05) is 218 Å². The molecular weight excluding hydrogens is 1030 g/mol. The zero-order valence-electron chi connectivity index (χ0n) is 45.2. The van der Waals surface area contributed by atoms with Gasteiger partial charge in [-0.05, 0) is 54.6 Å². The molecule has 0 radical (unpaired) electrons. The van der Waals surface area contributed by atoms with E-state index >= 15 is 0 Å². The molecule has 0 amide bonds. The maximum absolute atomic E-state index is 6.98. The molecule has 1 aliphatic carbocycles. The molecule has 6 heteroatoms. The highest BCUT2D eigenvalue weighted by atomic mass is 16.5. The van der Waals surface area contributed by atoms with E-state index in [0.29, 0.717) is 0 Å². The maximum atomic E-state index is 6.98. The van der Waals surface area contributed by atoms with Crippen molar-refractivity contribution >= 4 is 109 Å². The molecule has 6 nitrogen and oxygen atoms in total. The fourth-order valence-electron chi connectivity index (χ4n) is 14.7. The number of nitrogens with zero attached hydrogens (tertiary/aromatic N) is 3. The third-order valence-electron chi connectivity index (χ3n) is 18.2. The Morgan fingerprint density at radius 1 is 0.286 bits per heavy atom. The van der Waals surface area contributed by atoms with Crippen LogP contribution in [0.2, 0.25) is 0 Å². The Bertz CT molecular complexity index is 5510. The van der Waals surface area contributed by atoms with Crippen molar-refractivity contribution in [1.82, 2.24) is 13.7 Å². The molecule has 0 spiro atoms. The topological polar surface area (TPSA) is 50.3 Å². The van der Waals surface area contributed by atoms with E-state index in [2.05, 4.69) is 275 Å². The van der Waals surface area contributed by atoms with E-state index in [1.165, 1.54) is 27.1 Å². The Kier molecular flexibility index (Phi) is 9.36. The number of fused-ring (bicyclic) bond motifs is 18. The van der Waals surface area contributed by atoms with Gasteiger partial charge in [-0.15, -0.1) is 0 Å². The van der Waals surface area contributed by atoms with Crippen molar-refractivity contribution in [2.24, 2.45) is 0 Å². The maximum Gasteiger partial charge on any atom is 0.143 e. The van der Waals surface area contributed by atoms with Crippen molar-refractivity contribution in [2.45, 2.75) is 12.0 Å². The highest BCUT2D eigenvalue weighted by molar-refractivity contribution is 6.20. The van der Waals surface area contributed by atoms with Gasteiger partial charge in [0.2, 0.25) is 0 Å². The highest BCUT2D eigenvalue weighted by Crippen LogP contribution is 2.51. The van der Waals surface area contributed by atoms with Gasteiger partial charge in [0.1, 0.15) is 34.2 Å². The summed E-state index contributed by atoms with van der Waals surface area (Å²) in [7, 11) is 0. The van der Waals surface area contributed by atoms with Crippen molar-refractivity contribution in [1.29, 1.82) is 0 Å². The molecule has 0 saturated carbocycles. The predicted octanol–water partition coefficient (Wildman–Crippen LogP) is 20.7. The van der Waals surface area contributed by atoms with Crippen LogP contribution in [0.3, 0.4) is 0 Å². The monoisotopic (exact) mass is 1070 g/mol. The van der Waals surface area contributed by atoms with Gasteiger partial charge in [-0.25, -0.2) is 0 Å². The second-order valence-corrected chi connectivity index (χ2v) is 22.5. The predicted molar refractivity (Wildman–Crippen MR) is 346 cm³/mol. The Hall–Kier alpha value is -11.1. The smallest absolute Gasteiger partial charge is 0.143 e. The Morgan fingerprint density at radius 3 is 1.12 bits per heavy atom. The van der Waals surface area contributed by atoms with Crippen LogP contribution in [0.5, 0.6) is 5.75 Å². The van der Waals surface area contributed by atoms with Crippen LogP contribution in [0.4, 0.5) is 0 Å². The molecule has 0 fully saturated rings. The molecule has 2 aliphatic rings. The summed E-state index contributed by atoms with van der Waals surface area (Å²) in [6.07, 6.45) is 8.66. The normalized spacial score (nSPS) is 14.9. The third kappa shape index (κ3) is 6.28. The molecule has 0 bridgehead atoms. The lowest BCUT2D eigenvalue weighted by molar-refractivity contribution is 0.270. The first-order chi connectivity index (χ1) is 41.7. The van der Waals surface area contributed by atoms with E-state index in [4.69, 9.17) is 13.6 Å². The van der Waals surface area contributed by atoms with E-state index in [9.17, 15) is 0 Å². The summed E-state index contributed by atoms with van der Waals surface area (Å²) in [5.74, 6) is 1.09. The molecule has 6 heterocycles.